The molecular weight excluding hydrogens is 243 g/mol. The highest BCUT2D eigenvalue weighted by molar-refractivity contribution is 5.20. The summed E-state index contributed by atoms with van der Waals surface area (Å²) in [5.41, 5.74) is 5.19. The fourth-order valence-electron chi connectivity index (χ4n) is 1.71. The summed E-state index contributed by atoms with van der Waals surface area (Å²) in [6.07, 6.45) is -3.74. The molecule has 102 valence electrons. The number of para-hydroxylation sites is 1. The second-order valence-electron chi connectivity index (χ2n) is 4.12. The van der Waals surface area contributed by atoms with E-state index in [0.717, 1.165) is 0 Å². The van der Waals surface area contributed by atoms with Gasteiger partial charge in [-0.25, -0.2) is 0 Å². The molecule has 1 aromatic rings. The average molecular weight is 261 g/mol. The van der Waals surface area contributed by atoms with E-state index >= 15 is 0 Å². The number of nitrogens with two attached hydrogens (primary N) is 1. The average Bonchev–Trinajstić information content (AvgIpc) is 2.33. The quantitative estimate of drug-likeness (QED) is 0.764. The molecule has 2 nitrogen and oxygen atoms in total. The van der Waals surface area contributed by atoms with Gasteiger partial charge in [0.25, 0.3) is 0 Å². The van der Waals surface area contributed by atoms with Crippen molar-refractivity contribution in [3.05, 3.63) is 30.3 Å². The first kappa shape index (κ1) is 14.8. The third kappa shape index (κ3) is 5.40. The molecule has 1 aromatic carbocycles. The first-order valence-electron chi connectivity index (χ1n) is 5.98. The molecule has 0 fully saturated rings. The number of alkyl halides is 3. The van der Waals surface area contributed by atoms with Crippen LogP contribution in [0.4, 0.5) is 13.2 Å². The number of hydrogen-bond acceptors (Lipinski definition) is 2. The van der Waals surface area contributed by atoms with Gasteiger partial charge in [-0.15, -0.1) is 0 Å². The van der Waals surface area contributed by atoms with Crippen molar-refractivity contribution in [3.63, 3.8) is 0 Å². The van der Waals surface area contributed by atoms with E-state index in [-0.39, 0.29) is 19.4 Å². The maximum Gasteiger partial charge on any atom is 0.391 e. The molecule has 1 rings (SSSR count). The topological polar surface area (TPSA) is 35.2 Å². The van der Waals surface area contributed by atoms with Crippen LogP contribution in [0, 0.1) is 5.92 Å². The molecule has 1 unspecified atom stereocenters. The molecule has 0 heterocycles. The van der Waals surface area contributed by atoms with Crippen LogP contribution in [0.5, 0.6) is 5.75 Å². The third-order valence-corrected chi connectivity index (χ3v) is 2.69. The lowest BCUT2D eigenvalue weighted by Gasteiger charge is -2.19. The molecule has 18 heavy (non-hydrogen) atoms. The fraction of sp³-hybridized carbons (Fsp3) is 0.538. The van der Waals surface area contributed by atoms with Gasteiger partial charge in [0.05, 0.1) is 12.5 Å². The maximum atomic E-state index is 12.6. The van der Waals surface area contributed by atoms with E-state index in [1.165, 1.54) is 0 Å². The highest BCUT2D eigenvalue weighted by Crippen LogP contribution is 2.31. The van der Waals surface area contributed by atoms with Gasteiger partial charge in [-0.3, -0.25) is 0 Å². The van der Waals surface area contributed by atoms with Gasteiger partial charge in [0.15, 0.2) is 0 Å². The van der Waals surface area contributed by atoms with Crippen LogP contribution in [-0.2, 0) is 0 Å². The van der Waals surface area contributed by atoms with Crippen LogP contribution in [0.1, 0.15) is 19.3 Å². The molecule has 0 bridgehead atoms. The maximum absolute atomic E-state index is 12.6. The molecule has 0 saturated carbocycles. The number of hydrogen-bond donors (Lipinski definition) is 1. The smallest absolute Gasteiger partial charge is 0.391 e. The molecule has 0 saturated heterocycles. The molecule has 0 spiro atoms. The van der Waals surface area contributed by atoms with Crippen LogP contribution in [0.25, 0.3) is 0 Å². The standard InChI is InChI=1S/C13H18F3NO/c14-13(15,16)11(8-9-17)5-4-10-18-12-6-2-1-3-7-12/h1-3,6-7,11H,4-5,8-10,17H2. The van der Waals surface area contributed by atoms with Crippen molar-refractivity contribution in [2.45, 2.75) is 25.4 Å². The van der Waals surface area contributed by atoms with Crippen molar-refractivity contribution in [1.82, 2.24) is 0 Å². The lowest BCUT2D eigenvalue weighted by atomic mass is 9.99. The molecule has 0 aliphatic heterocycles. The minimum atomic E-state index is -4.16. The Bertz CT molecular complexity index is 327. The van der Waals surface area contributed by atoms with Gasteiger partial charge in [-0.05, 0) is 37.9 Å². The van der Waals surface area contributed by atoms with Gasteiger partial charge in [-0.2, -0.15) is 13.2 Å². The fourth-order valence-corrected chi connectivity index (χ4v) is 1.71. The molecule has 2 N–H and O–H groups in total. The molecule has 1 atom stereocenters. The summed E-state index contributed by atoms with van der Waals surface area (Å²) in [5, 5.41) is 0. The minimum Gasteiger partial charge on any atom is -0.494 e. The lowest BCUT2D eigenvalue weighted by molar-refractivity contribution is -0.178. The van der Waals surface area contributed by atoms with Crippen LogP contribution < -0.4 is 10.5 Å². The van der Waals surface area contributed by atoms with Crippen molar-refractivity contribution in [3.8, 4) is 5.75 Å². The Morgan fingerprint density at radius 3 is 2.33 bits per heavy atom. The van der Waals surface area contributed by atoms with E-state index in [9.17, 15) is 13.2 Å². The largest absolute Gasteiger partial charge is 0.494 e. The minimum absolute atomic E-state index is 0.0190. The highest BCUT2D eigenvalue weighted by atomic mass is 19.4. The van der Waals surface area contributed by atoms with E-state index in [1.807, 2.05) is 18.2 Å². The Kier molecular flexibility index (Phi) is 5.98. The second kappa shape index (κ2) is 7.26. The molecule has 0 aliphatic rings. The summed E-state index contributed by atoms with van der Waals surface area (Å²) >= 11 is 0. The summed E-state index contributed by atoms with van der Waals surface area (Å²) < 4.78 is 43.0. The van der Waals surface area contributed by atoms with Gasteiger partial charge in [0, 0.05) is 0 Å². The highest BCUT2D eigenvalue weighted by Gasteiger charge is 2.38. The summed E-state index contributed by atoms with van der Waals surface area (Å²) in [5.74, 6) is -0.637. The van der Waals surface area contributed by atoms with Gasteiger partial charge >= 0.3 is 6.18 Å². The van der Waals surface area contributed by atoms with Gasteiger partial charge in [0.1, 0.15) is 5.75 Å². The Morgan fingerprint density at radius 2 is 1.78 bits per heavy atom. The SMILES string of the molecule is NCCC(CCCOc1ccccc1)C(F)(F)F. The monoisotopic (exact) mass is 261 g/mol. The zero-order chi connectivity index (χ0) is 13.4. The van der Waals surface area contributed by atoms with Gasteiger partial charge < -0.3 is 10.5 Å². The van der Waals surface area contributed by atoms with Crippen molar-refractivity contribution < 1.29 is 17.9 Å². The summed E-state index contributed by atoms with van der Waals surface area (Å²) in [4.78, 5) is 0. The molecule has 5 heteroatoms. The predicted molar refractivity (Wildman–Crippen MR) is 64.4 cm³/mol. The van der Waals surface area contributed by atoms with Crippen molar-refractivity contribution in [1.29, 1.82) is 0 Å². The van der Waals surface area contributed by atoms with Gasteiger partial charge in [0.2, 0.25) is 0 Å². The van der Waals surface area contributed by atoms with Crippen LogP contribution in [0.15, 0.2) is 30.3 Å². The van der Waals surface area contributed by atoms with E-state index in [0.29, 0.717) is 18.8 Å². The first-order valence-corrected chi connectivity index (χ1v) is 5.98. The van der Waals surface area contributed by atoms with E-state index in [2.05, 4.69) is 0 Å². The molecular formula is C13H18F3NO. The van der Waals surface area contributed by atoms with Crippen molar-refractivity contribution >= 4 is 0 Å². The number of ether oxygens (including phenoxy) is 1. The van der Waals surface area contributed by atoms with Gasteiger partial charge in [-0.1, -0.05) is 18.2 Å². The van der Waals surface area contributed by atoms with E-state index in [1.54, 1.807) is 12.1 Å². The van der Waals surface area contributed by atoms with E-state index < -0.39 is 12.1 Å². The lowest BCUT2D eigenvalue weighted by Crippen LogP contribution is -2.26. The Hall–Kier alpha value is -1.23. The molecule has 0 aromatic heterocycles. The molecule has 0 radical (unpaired) electrons. The zero-order valence-electron chi connectivity index (χ0n) is 10.1. The third-order valence-electron chi connectivity index (χ3n) is 2.69. The number of rotatable bonds is 7. The normalized spacial score (nSPS) is 13.3. The summed E-state index contributed by atoms with van der Waals surface area (Å²) in [7, 11) is 0. The van der Waals surface area contributed by atoms with Crippen LogP contribution >= 0.6 is 0 Å². The van der Waals surface area contributed by atoms with Crippen molar-refractivity contribution in [2.75, 3.05) is 13.2 Å². The Balaban J connectivity index is 2.27. The number of benzene rings is 1. The second-order valence-corrected chi connectivity index (χ2v) is 4.12. The zero-order valence-corrected chi connectivity index (χ0v) is 10.1. The molecule has 0 amide bonds. The Morgan fingerprint density at radius 1 is 1.11 bits per heavy atom. The first-order chi connectivity index (χ1) is 8.54. The van der Waals surface area contributed by atoms with Crippen LogP contribution in [0.2, 0.25) is 0 Å². The van der Waals surface area contributed by atoms with Crippen LogP contribution in [-0.4, -0.2) is 19.3 Å². The Labute approximate surface area is 105 Å². The summed E-state index contributed by atoms with van der Waals surface area (Å²) in [6.45, 7) is 0.352. The van der Waals surface area contributed by atoms with Crippen molar-refractivity contribution in [2.24, 2.45) is 11.7 Å². The van der Waals surface area contributed by atoms with E-state index in [4.69, 9.17) is 10.5 Å². The number of halogens is 3. The summed E-state index contributed by atoms with van der Waals surface area (Å²) in [6, 6.07) is 9.06. The van der Waals surface area contributed by atoms with Crippen LogP contribution in [0.3, 0.4) is 0 Å². The molecule has 0 aliphatic carbocycles. The predicted octanol–water partition coefficient (Wildman–Crippen LogP) is 3.37.